The van der Waals surface area contributed by atoms with Crippen molar-refractivity contribution in [3.8, 4) is 0 Å². The number of carbonyl (C=O) groups excluding carboxylic acids is 2. The van der Waals surface area contributed by atoms with E-state index in [0.717, 1.165) is 13.0 Å². The molecule has 1 aliphatic heterocycles. The van der Waals surface area contributed by atoms with Crippen LogP contribution in [0.1, 0.15) is 53.9 Å². The number of rotatable bonds is 6. The number of nitrogens with two attached hydrogens (primary N) is 1. The molecule has 1 aliphatic rings. The third-order valence-electron chi connectivity index (χ3n) is 4.45. The van der Waals surface area contributed by atoms with Crippen molar-refractivity contribution in [2.75, 3.05) is 13.1 Å². The number of nitrogens with one attached hydrogen (secondary N) is 1. The van der Waals surface area contributed by atoms with Crippen molar-refractivity contribution in [2.24, 2.45) is 16.6 Å². The van der Waals surface area contributed by atoms with Gasteiger partial charge in [0.15, 0.2) is 0 Å². The van der Waals surface area contributed by atoms with E-state index in [1.54, 1.807) is 13.8 Å². The molecular weight excluding hydrogens is 240 g/mol. The molecule has 1 saturated heterocycles. The molecule has 0 bridgehead atoms. The highest BCUT2D eigenvalue weighted by Gasteiger charge is 2.48. The fourth-order valence-electron chi connectivity index (χ4n) is 3.50. The first-order valence-electron chi connectivity index (χ1n) is 7.00. The second-order valence-electron chi connectivity index (χ2n) is 7.29. The van der Waals surface area contributed by atoms with Crippen LogP contribution in [0.25, 0.3) is 0 Å². The van der Waals surface area contributed by atoms with Crippen LogP contribution < -0.4 is 11.1 Å². The summed E-state index contributed by atoms with van der Waals surface area (Å²) in [6, 6.07) is 0. The van der Waals surface area contributed by atoms with Crippen molar-refractivity contribution in [2.45, 2.75) is 59.4 Å². The lowest BCUT2D eigenvalue weighted by atomic mass is 9.66. The minimum Gasteiger partial charge on any atom is -0.329 e. The average molecular weight is 268 g/mol. The van der Waals surface area contributed by atoms with Crippen molar-refractivity contribution >= 4 is 11.6 Å². The van der Waals surface area contributed by atoms with Crippen molar-refractivity contribution in [3.63, 3.8) is 0 Å². The van der Waals surface area contributed by atoms with Crippen LogP contribution in [0, 0.1) is 10.8 Å². The Morgan fingerprint density at radius 1 is 1.32 bits per heavy atom. The molecule has 19 heavy (non-hydrogen) atoms. The summed E-state index contributed by atoms with van der Waals surface area (Å²) in [5.41, 5.74) is 5.16. The van der Waals surface area contributed by atoms with Gasteiger partial charge in [-0.25, -0.2) is 0 Å². The van der Waals surface area contributed by atoms with Gasteiger partial charge in [0.05, 0.1) is 0 Å². The van der Waals surface area contributed by atoms with Crippen LogP contribution in [0.4, 0.5) is 0 Å². The smallest absolute Gasteiger partial charge is 0.136 e. The molecule has 0 aromatic heterocycles. The normalized spacial score (nSPS) is 28.9. The van der Waals surface area contributed by atoms with Gasteiger partial charge in [-0.15, -0.1) is 0 Å². The van der Waals surface area contributed by atoms with E-state index in [0.29, 0.717) is 19.4 Å². The highest BCUT2D eigenvalue weighted by molar-refractivity contribution is 5.82. The second-order valence-corrected chi connectivity index (χ2v) is 7.29. The molecule has 1 rings (SSSR count). The maximum absolute atomic E-state index is 11.9. The Hall–Kier alpha value is -0.740. The summed E-state index contributed by atoms with van der Waals surface area (Å²) < 4.78 is 0. The van der Waals surface area contributed by atoms with Gasteiger partial charge in [-0.1, -0.05) is 6.92 Å². The SMILES string of the molecule is CC(=O)CC1(CC(C)(CN)C(C)=O)CNC(C)(C)C1. The van der Waals surface area contributed by atoms with Gasteiger partial charge in [0.1, 0.15) is 11.6 Å². The largest absolute Gasteiger partial charge is 0.329 e. The molecule has 4 heteroatoms. The summed E-state index contributed by atoms with van der Waals surface area (Å²) in [5.74, 6) is 0.296. The topological polar surface area (TPSA) is 72.2 Å². The Morgan fingerprint density at radius 3 is 2.21 bits per heavy atom. The third kappa shape index (κ3) is 3.86. The van der Waals surface area contributed by atoms with E-state index in [9.17, 15) is 9.59 Å². The summed E-state index contributed by atoms with van der Waals surface area (Å²) in [6.07, 6.45) is 2.11. The van der Waals surface area contributed by atoms with Crippen molar-refractivity contribution < 1.29 is 9.59 Å². The van der Waals surface area contributed by atoms with E-state index in [1.165, 1.54) is 0 Å². The van der Waals surface area contributed by atoms with Crippen molar-refractivity contribution in [3.05, 3.63) is 0 Å². The summed E-state index contributed by atoms with van der Waals surface area (Å²) in [4.78, 5) is 23.5. The predicted molar refractivity (Wildman–Crippen MR) is 76.9 cm³/mol. The van der Waals surface area contributed by atoms with Gasteiger partial charge in [0.2, 0.25) is 0 Å². The minimum absolute atomic E-state index is 0.0156. The van der Waals surface area contributed by atoms with Gasteiger partial charge in [-0.2, -0.15) is 0 Å². The van der Waals surface area contributed by atoms with Crippen LogP contribution in [-0.4, -0.2) is 30.2 Å². The maximum atomic E-state index is 11.9. The van der Waals surface area contributed by atoms with Crippen LogP contribution >= 0.6 is 0 Å². The zero-order valence-corrected chi connectivity index (χ0v) is 12.9. The molecular formula is C15H28N2O2. The van der Waals surface area contributed by atoms with E-state index in [4.69, 9.17) is 5.73 Å². The first-order valence-corrected chi connectivity index (χ1v) is 7.00. The summed E-state index contributed by atoms with van der Waals surface area (Å²) >= 11 is 0. The van der Waals surface area contributed by atoms with Gasteiger partial charge in [-0.05, 0) is 46.0 Å². The molecule has 0 radical (unpaired) electrons. The Balaban J connectivity index is 3.00. The second kappa shape index (κ2) is 5.33. The zero-order chi connectivity index (χ0) is 14.9. The molecule has 3 N–H and O–H groups in total. The Morgan fingerprint density at radius 2 is 1.89 bits per heavy atom. The van der Waals surface area contributed by atoms with Crippen LogP contribution in [0.15, 0.2) is 0 Å². The quantitative estimate of drug-likeness (QED) is 0.768. The molecule has 1 heterocycles. The zero-order valence-electron chi connectivity index (χ0n) is 12.9. The fraction of sp³-hybridized carbons (Fsp3) is 0.867. The monoisotopic (exact) mass is 268 g/mol. The van der Waals surface area contributed by atoms with Gasteiger partial charge < -0.3 is 15.8 Å². The van der Waals surface area contributed by atoms with E-state index in [2.05, 4.69) is 19.2 Å². The highest BCUT2D eigenvalue weighted by atomic mass is 16.1. The number of hydrogen-bond acceptors (Lipinski definition) is 4. The molecule has 2 unspecified atom stereocenters. The van der Waals surface area contributed by atoms with Gasteiger partial charge >= 0.3 is 0 Å². The lowest BCUT2D eigenvalue weighted by molar-refractivity contribution is -0.128. The lowest BCUT2D eigenvalue weighted by Gasteiger charge is -2.37. The first kappa shape index (κ1) is 16.3. The van der Waals surface area contributed by atoms with E-state index in [-0.39, 0.29) is 22.5 Å². The van der Waals surface area contributed by atoms with E-state index in [1.807, 2.05) is 6.92 Å². The third-order valence-corrected chi connectivity index (χ3v) is 4.45. The number of Topliss-reactive ketones (excluding diaryl/α,β-unsaturated/α-hetero) is 2. The highest BCUT2D eigenvalue weighted by Crippen LogP contribution is 2.46. The predicted octanol–water partition coefficient (Wildman–Crippen LogP) is 1.67. The molecule has 0 aromatic rings. The van der Waals surface area contributed by atoms with E-state index >= 15 is 0 Å². The van der Waals surface area contributed by atoms with E-state index < -0.39 is 5.41 Å². The molecule has 0 aromatic carbocycles. The molecule has 0 aliphatic carbocycles. The Bertz CT molecular complexity index is 378. The Labute approximate surface area is 116 Å². The Kier molecular flexibility index (Phi) is 4.58. The molecule has 4 nitrogen and oxygen atoms in total. The number of ketones is 2. The molecule has 110 valence electrons. The standard InChI is InChI=1S/C15H28N2O2/c1-11(18)6-15(7-13(3,4)17-10-15)8-14(5,9-16)12(2)19/h17H,6-10,16H2,1-5H3. The molecule has 1 fully saturated rings. The molecule has 0 saturated carbocycles. The van der Waals surface area contributed by atoms with Crippen LogP contribution in [-0.2, 0) is 9.59 Å². The van der Waals surface area contributed by atoms with Gasteiger partial charge in [0.25, 0.3) is 0 Å². The summed E-state index contributed by atoms with van der Waals surface area (Å²) in [7, 11) is 0. The van der Waals surface area contributed by atoms with Crippen molar-refractivity contribution in [1.29, 1.82) is 0 Å². The maximum Gasteiger partial charge on any atom is 0.136 e. The molecule has 2 atom stereocenters. The average Bonchev–Trinajstić information content (AvgIpc) is 2.52. The van der Waals surface area contributed by atoms with Gasteiger partial charge in [0, 0.05) is 30.5 Å². The minimum atomic E-state index is -0.530. The molecule has 0 amide bonds. The summed E-state index contributed by atoms with van der Waals surface area (Å²) in [5, 5.41) is 3.47. The molecule has 0 spiro atoms. The van der Waals surface area contributed by atoms with Crippen LogP contribution in [0.5, 0.6) is 0 Å². The van der Waals surface area contributed by atoms with Crippen LogP contribution in [0.3, 0.4) is 0 Å². The van der Waals surface area contributed by atoms with Gasteiger partial charge in [-0.3, -0.25) is 4.79 Å². The number of hydrogen-bond donors (Lipinski definition) is 2. The fourth-order valence-corrected chi connectivity index (χ4v) is 3.50. The van der Waals surface area contributed by atoms with Crippen molar-refractivity contribution in [1.82, 2.24) is 5.32 Å². The summed E-state index contributed by atoms with van der Waals surface area (Å²) in [6.45, 7) is 10.5. The number of carbonyl (C=O) groups is 2. The van der Waals surface area contributed by atoms with Crippen LogP contribution in [0.2, 0.25) is 0 Å². The first-order chi connectivity index (χ1) is 8.54. The lowest BCUT2D eigenvalue weighted by Crippen LogP contribution is -2.41.